The lowest BCUT2D eigenvalue weighted by Crippen LogP contribution is -2.13. The molecule has 0 aliphatic carbocycles. The van der Waals surface area contributed by atoms with Crippen LogP contribution in [-0.4, -0.2) is 29.1 Å². The lowest BCUT2D eigenvalue weighted by Gasteiger charge is -2.26. The van der Waals surface area contributed by atoms with Gasteiger partial charge in [0.25, 0.3) is 0 Å². The molecular weight excluding hydrogens is 1220 g/mol. The molecule has 0 bridgehead atoms. The van der Waals surface area contributed by atoms with Crippen molar-refractivity contribution in [1.29, 1.82) is 0 Å². The van der Waals surface area contributed by atoms with Crippen LogP contribution in [0.25, 0.3) is 156 Å². The molecule has 6 heterocycles. The highest BCUT2D eigenvalue weighted by atomic mass is 15.3. The third kappa shape index (κ3) is 9.52. The Morgan fingerprint density at radius 2 is 0.560 bits per heavy atom. The van der Waals surface area contributed by atoms with Crippen LogP contribution >= 0.6 is 0 Å². The van der Waals surface area contributed by atoms with Crippen LogP contribution in [-0.2, 0) is 0 Å². The molecule has 20 rings (SSSR count). The molecule has 0 fully saturated rings. The van der Waals surface area contributed by atoms with Crippen LogP contribution in [0.5, 0.6) is 0 Å². The Hall–Kier alpha value is -13.6. The molecule has 0 unspecified atom stereocenters. The Morgan fingerprint density at radius 1 is 0.190 bits per heavy atom. The summed E-state index contributed by atoms with van der Waals surface area (Å²) in [6.45, 7) is 0. The summed E-state index contributed by atoms with van der Waals surface area (Å²) in [4.78, 5) is 25.5. The van der Waals surface area contributed by atoms with E-state index in [-0.39, 0.29) is 0 Å². The number of rotatable bonds is 9. The molecule has 0 amide bonds. The first-order valence-electron chi connectivity index (χ1n) is 33.9. The summed E-state index contributed by atoms with van der Waals surface area (Å²) in [5.41, 5.74) is 25.1. The number of benzene rings is 14. The molecule has 0 radical (unpaired) electrons. The van der Waals surface area contributed by atoms with Crippen LogP contribution < -0.4 is 9.80 Å². The van der Waals surface area contributed by atoms with Crippen molar-refractivity contribution in [3.05, 3.63) is 352 Å². The zero-order chi connectivity index (χ0) is 65.8. The maximum Gasteiger partial charge on any atom is 0.160 e. The van der Waals surface area contributed by atoms with E-state index in [1.165, 1.54) is 21.7 Å². The Morgan fingerprint density at radius 3 is 1.14 bits per heavy atom. The highest BCUT2D eigenvalue weighted by Crippen LogP contribution is 2.53. The van der Waals surface area contributed by atoms with Gasteiger partial charge in [0.2, 0.25) is 0 Å². The van der Waals surface area contributed by atoms with E-state index in [0.717, 1.165) is 157 Å². The summed E-state index contributed by atoms with van der Waals surface area (Å²) in [5.74, 6) is 3.48. The fourth-order valence-corrected chi connectivity index (χ4v) is 15.1. The first-order chi connectivity index (χ1) is 49.5. The van der Waals surface area contributed by atoms with Gasteiger partial charge in [-0.1, -0.05) is 243 Å². The number of hydrogen-bond acceptors (Lipinski definition) is 6. The number of hydrogen-bond donors (Lipinski definition) is 0. The summed E-state index contributed by atoms with van der Waals surface area (Å²) in [5, 5.41) is 6.98. The van der Waals surface area contributed by atoms with Crippen molar-refractivity contribution in [3.63, 3.8) is 0 Å². The highest BCUT2D eigenvalue weighted by Gasteiger charge is 2.31. The number of para-hydroxylation sites is 3. The fourth-order valence-electron chi connectivity index (χ4n) is 15.1. The number of fused-ring (bicyclic) bond motifs is 16. The maximum atomic E-state index is 5.21. The van der Waals surface area contributed by atoms with Gasteiger partial charge in [0.1, 0.15) is 11.6 Å². The molecule has 8 heteroatoms. The second-order valence-corrected chi connectivity index (χ2v) is 25.8. The largest absolute Gasteiger partial charge is 0.295 e. The van der Waals surface area contributed by atoms with Crippen LogP contribution in [0.3, 0.4) is 0 Å². The second kappa shape index (κ2) is 23.1. The summed E-state index contributed by atoms with van der Waals surface area (Å²) >= 11 is 0. The van der Waals surface area contributed by atoms with E-state index >= 15 is 0 Å². The predicted molar refractivity (Wildman–Crippen MR) is 412 cm³/mol. The zero-order valence-corrected chi connectivity index (χ0v) is 54.1. The molecule has 0 spiro atoms. The molecule has 4 aromatic heterocycles. The van der Waals surface area contributed by atoms with Gasteiger partial charge >= 0.3 is 0 Å². The topological polar surface area (TPSA) is 67.9 Å². The second-order valence-electron chi connectivity index (χ2n) is 25.8. The van der Waals surface area contributed by atoms with Crippen LogP contribution in [0.1, 0.15) is 0 Å². The molecule has 466 valence electrons. The van der Waals surface area contributed by atoms with Gasteiger partial charge in [-0.05, 0) is 142 Å². The molecular formula is C92H58N8. The molecule has 14 aromatic carbocycles. The molecule has 2 aliphatic heterocycles. The smallest absolute Gasteiger partial charge is 0.160 e. The SMILES string of the molecule is c1ccc(-c2cc(-c3ccc(N4c5cc6ccc(-c7ccc8c(c7)cc7n8-c8cc9ccccc9cc8-c8ccccc8N7c7ccc(-c8cc(-c9ccccc9)nc(-c9ccccc9)n8)cc7)cc6cc5-c5ccccc5-n5c4cc4ccccc45)cc3)nc(-c3ccccc3)n2)cc1. The van der Waals surface area contributed by atoms with Crippen LogP contribution in [0.15, 0.2) is 352 Å². The minimum absolute atomic E-state index is 0.688. The van der Waals surface area contributed by atoms with Gasteiger partial charge in [-0.25, -0.2) is 19.9 Å². The van der Waals surface area contributed by atoms with Crippen molar-refractivity contribution < 1.29 is 0 Å². The van der Waals surface area contributed by atoms with Gasteiger partial charge in [-0.3, -0.25) is 18.9 Å². The van der Waals surface area contributed by atoms with Crippen molar-refractivity contribution >= 4 is 77.7 Å². The minimum atomic E-state index is 0.688. The van der Waals surface area contributed by atoms with Gasteiger partial charge in [0.05, 0.1) is 56.6 Å². The van der Waals surface area contributed by atoms with Gasteiger partial charge < -0.3 is 0 Å². The molecule has 18 aromatic rings. The molecule has 8 nitrogen and oxygen atoms in total. The van der Waals surface area contributed by atoms with Crippen molar-refractivity contribution in [3.8, 4) is 113 Å². The molecule has 0 saturated heterocycles. The van der Waals surface area contributed by atoms with E-state index in [4.69, 9.17) is 19.9 Å². The van der Waals surface area contributed by atoms with E-state index in [1.807, 2.05) is 48.5 Å². The number of anilines is 6. The van der Waals surface area contributed by atoms with Crippen molar-refractivity contribution in [2.75, 3.05) is 9.80 Å². The van der Waals surface area contributed by atoms with E-state index in [9.17, 15) is 0 Å². The molecule has 2 aliphatic rings. The Kier molecular flexibility index (Phi) is 13.1. The van der Waals surface area contributed by atoms with Gasteiger partial charge in [-0.15, -0.1) is 0 Å². The highest BCUT2D eigenvalue weighted by molar-refractivity contribution is 6.07. The van der Waals surface area contributed by atoms with E-state index < -0.39 is 0 Å². The van der Waals surface area contributed by atoms with Crippen LogP contribution in [0, 0.1) is 0 Å². The first kappa shape index (κ1) is 56.8. The van der Waals surface area contributed by atoms with Crippen molar-refractivity contribution in [2.45, 2.75) is 0 Å². The Labute approximate surface area is 577 Å². The van der Waals surface area contributed by atoms with Crippen molar-refractivity contribution in [1.82, 2.24) is 29.1 Å². The monoisotopic (exact) mass is 1270 g/mol. The zero-order valence-electron chi connectivity index (χ0n) is 54.1. The number of nitrogens with zero attached hydrogens (tertiary/aromatic N) is 8. The molecule has 100 heavy (non-hydrogen) atoms. The van der Waals surface area contributed by atoms with Gasteiger partial charge in [0, 0.05) is 77.8 Å². The molecule has 0 atom stereocenters. The van der Waals surface area contributed by atoms with E-state index in [0.29, 0.717) is 11.6 Å². The van der Waals surface area contributed by atoms with Crippen molar-refractivity contribution in [2.24, 2.45) is 0 Å². The summed E-state index contributed by atoms with van der Waals surface area (Å²) < 4.78 is 4.91. The van der Waals surface area contributed by atoms with E-state index in [2.05, 4.69) is 322 Å². The quantitative estimate of drug-likeness (QED) is 0.143. The lowest BCUT2D eigenvalue weighted by atomic mass is 9.94. The third-order valence-electron chi connectivity index (χ3n) is 19.9. The summed E-state index contributed by atoms with van der Waals surface area (Å²) in [6.07, 6.45) is 0. The molecule has 0 saturated carbocycles. The first-order valence-corrected chi connectivity index (χ1v) is 33.9. The fraction of sp³-hybridized carbons (Fsp3) is 0. The molecule has 0 N–H and O–H groups in total. The van der Waals surface area contributed by atoms with E-state index in [1.54, 1.807) is 0 Å². The Bertz CT molecular complexity index is 6150. The average Bonchev–Trinajstić information content (AvgIpc) is 1.57. The standard InChI is InChI=1S/C92H58N8/c1-5-21-59(22-6-1)79-57-81(95-91(93-79)63-25-9-3-10-26-63)61-39-44-73(45-40-61)97-85-35-19-16-32-75(85)77-51-65-29-13-14-30-66(65)53-88(77)100-84-48-43-68(50-72(84)56-90(97)100)67-37-38-69-54-87-78(52-71(69)49-67)76-33-17-20-36-86(76)99-83-34-18-15-31-70(83)55-89(99)98(87)74-46-41-62(42-47-74)82-58-80(60-23-7-2-8-24-60)94-92(96-82)64-27-11-4-12-28-64/h1-58H. The lowest BCUT2D eigenvalue weighted by molar-refractivity contribution is 1.09. The van der Waals surface area contributed by atoms with Crippen LogP contribution in [0.4, 0.5) is 34.4 Å². The van der Waals surface area contributed by atoms with Gasteiger partial charge in [-0.2, -0.15) is 0 Å². The minimum Gasteiger partial charge on any atom is -0.295 e. The Balaban J connectivity index is 0.713. The summed E-state index contributed by atoms with van der Waals surface area (Å²) in [6, 6.07) is 127. The maximum absolute atomic E-state index is 5.21. The average molecular weight is 1280 g/mol. The van der Waals surface area contributed by atoms with Gasteiger partial charge in [0.15, 0.2) is 11.6 Å². The summed E-state index contributed by atoms with van der Waals surface area (Å²) in [7, 11) is 0. The third-order valence-corrected chi connectivity index (χ3v) is 19.9. The van der Waals surface area contributed by atoms with Crippen LogP contribution in [0.2, 0.25) is 0 Å². The predicted octanol–water partition coefficient (Wildman–Crippen LogP) is 24.0. The number of aromatic nitrogens is 6. The normalized spacial score (nSPS) is 12.2.